The average molecular weight is 359 g/mol. The molecule has 3 rings (SSSR count). The Morgan fingerprint density at radius 1 is 1.31 bits per heavy atom. The topological polar surface area (TPSA) is 93.0 Å². The minimum absolute atomic E-state index is 0.00926. The molecule has 1 amide bonds. The van der Waals surface area contributed by atoms with Gasteiger partial charge >= 0.3 is 5.69 Å². The van der Waals surface area contributed by atoms with E-state index in [0.717, 1.165) is 38.1 Å². The lowest BCUT2D eigenvalue weighted by Crippen LogP contribution is -2.42. The summed E-state index contributed by atoms with van der Waals surface area (Å²) in [5, 5.41) is 0. The van der Waals surface area contributed by atoms with Crippen LogP contribution in [0.4, 0.5) is 0 Å². The van der Waals surface area contributed by atoms with E-state index in [1.807, 2.05) is 12.4 Å². The Morgan fingerprint density at radius 3 is 2.73 bits per heavy atom. The van der Waals surface area contributed by atoms with E-state index in [4.69, 9.17) is 0 Å². The van der Waals surface area contributed by atoms with Gasteiger partial charge in [-0.2, -0.15) is 0 Å². The van der Waals surface area contributed by atoms with Crippen LogP contribution in [0, 0.1) is 0 Å². The number of likely N-dealkylation sites (tertiary alicyclic amines) is 1. The van der Waals surface area contributed by atoms with Gasteiger partial charge in [-0.3, -0.25) is 14.6 Å². The van der Waals surface area contributed by atoms with Gasteiger partial charge in [0.1, 0.15) is 11.4 Å². The van der Waals surface area contributed by atoms with Gasteiger partial charge in [0, 0.05) is 51.2 Å². The fourth-order valence-electron chi connectivity index (χ4n) is 3.43. The highest BCUT2D eigenvalue weighted by molar-refractivity contribution is 5.93. The van der Waals surface area contributed by atoms with E-state index >= 15 is 0 Å². The molecular weight excluding hydrogens is 334 g/mol. The maximum absolute atomic E-state index is 12.7. The average Bonchev–Trinajstić information content (AvgIpc) is 3.11. The second-order valence-corrected chi connectivity index (χ2v) is 6.81. The number of hydrogen-bond acceptors (Lipinski definition) is 4. The van der Waals surface area contributed by atoms with Crippen LogP contribution in [0.2, 0.25) is 0 Å². The smallest absolute Gasteiger partial charge is 0.328 e. The molecule has 0 aliphatic carbocycles. The number of aromatic nitrogens is 4. The number of aryl methyl sites for hydroxylation is 2. The van der Waals surface area contributed by atoms with Gasteiger partial charge < -0.3 is 14.0 Å². The highest BCUT2D eigenvalue weighted by atomic mass is 16.2. The molecule has 26 heavy (non-hydrogen) atoms. The van der Waals surface area contributed by atoms with Gasteiger partial charge in [0.05, 0.1) is 0 Å². The molecule has 3 heterocycles. The van der Waals surface area contributed by atoms with Crippen LogP contribution in [0.3, 0.4) is 0 Å². The standard InChI is InChI=1S/C18H25N5O3/c1-3-4-8-22-11-7-19-15(22)13-5-9-23(10-6-13)17(25)14-12-21(2)18(26)20-16(14)24/h7,11-13H,3-6,8-10H2,1-2H3,(H,20,24,26). The second-order valence-electron chi connectivity index (χ2n) is 6.81. The summed E-state index contributed by atoms with van der Waals surface area (Å²) >= 11 is 0. The van der Waals surface area contributed by atoms with Crippen molar-refractivity contribution < 1.29 is 4.79 Å². The first-order valence-electron chi connectivity index (χ1n) is 9.11. The Kier molecular flexibility index (Phi) is 5.39. The minimum atomic E-state index is -0.629. The Morgan fingerprint density at radius 2 is 2.04 bits per heavy atom. The number of nitrogens with zero attached hydrogens (tertiary/aromatic N) is 4. The number of H-pyrrole nitrogens is 1. The summed E-state index contributed by atoms with van der Waals surface area (Å²) in [4.78, 5) is 44.4. The van der Waals surface area contributed by atoms with Gasteiger partial charge in [0.15, 0.2) is 0 Å². The zero-order valence-corrected chi connectivity index (χ0v) is 15.3. The van der Waals surface area contributed by atoms with Crippen molar-refractivity contribution >= 4 is 5.91 Å². The van der Waals surface area contributed by atoms with E-state index in [2.05, 4.69) is 21.5 Å². The molecule has 0 saturated carbocycles. The van der Waals surface area contributed by atoms with Crippen molar-refractivity contribution in [2.24, 2.45) is 7.05 Å². The monoisotopic (exact) mass is 359 g/mol. The van der Waals surface area contributed by atoms with Crippen LogP contribution < -0.4 is 11.2 Å². The normalized spacial score (nSPS) is 15.4. The molecule has 140 valence electrons. The largest absolute Gasteiger partial charge is 0.338 e. The first kappa shape index (κ1) is 18.2. The number of aromatic amines is 1. The molecule has 0 aromatic carbocycles. The molecule has 0 unspecified atom stereocenters. The van der Waals surface area contributed by atoms with Crippen molar-refractivity contribution in [2.75, 3.05) is 13.1 Å². The Labute approximate surface area is 151 Å². The summed E-state index contributed by atoms with van der Waals surface area (Å²) in [7, 11) is 1.51. The van der Waals surface area contributed by atoms with Gasteiger partial charge in [-0.25, -0.2) is 9.78 Å². The van der Waals surface area contributed by atoms with Gasteiger partial charge in [-0.1, -0.05) is 13.3 Å². The molecule has 1 N–H and O–H groups in total. The van der Waals surface area contributed by atoms with Gasteiger partial charge in [-0.15, -0.1) is 0 Å². The Bertz CT molecular complexity index is 887. The molecule has 2 aromatic heterocycles. The van der Waals surface area contributed by atoms with Crippen molar-refractivity contribution in [3.8, 4) is 0 Å². The summed E-state index contributed by atoms with van der Waals surface area (Å²) < 4.78 is 3.43. The van der Waals surface area contributed by atoms with Crippen LogP contribution in [0.5, 0.6) is 0 Å². The van der Waals surface area contributed by atoms with E-state index in [1.165, 1.54) is 17.8 Å². The predicted molar refractivity (Wildman–Crippen MR) is 97.3 cm³/mol. The van der Waals surface area contributed by atoms with Gasteiger partial charge in [-0.05, 0) is 19.3 Å². The quantitative estimate of drug-likeness (QED) is 0.865. The molecule has 8 nitrogen and oxygen atoms in total. The summed E-state index contributed by atoms with van der Waals surface area (Å²) in [5.74, 6) is 1.09. The van der Waals surface area contributed by atoms with Crippen LogP contribution in [-0.2, 0) is 13.6 Å². The van der Waals surface area contributed by atoms with E-state index in [1.54, 1.807) is 4.90 Å². The van der Waals surface area contributed by atoms with Crippen molar-refractivity contribution in [1.82, 2.24) is 24.0 Å². The molecule has 1 aliphatic heterocycles. The lowest BCUT2D eigenvalue weighted by molar-refractivity contribution is 0.0707. The first-order valence-corrected chi connectivity index (χ1v) is 9.11. The Hall–Kier alpha value is -2.64. The number of rotatable bonds is 5. The predicted octanol–water partition coefficient (Wildman–Crippen LogP) is 1.09. The summed E-state index contributed by atoms with van der Waals surface area (Å²) in [6, 6.07) is 0. The minimum Gasteiger partial charge on any atom is -0.338 e. The third-order valence-corrected chi connectivity index (χ3v) is 4.99. The summed E-state index contributed by atoms with van der Waals surface area (Å²) in [6.07, 6.45) is 9.07. The molecule has 0 atom stereocenters. The Balaban J connectivity index is 1.68. The van der Waals surface area contributed by atoms with Crippen molar-refractivity contribution in [1.29, 1.82) is 0 Å². The third-order valence-electron chi connectivity index (χ3n) is 4.99. The number of amides is 1. The van der Waals surface area contributed by atoms with Gasteiger partial charge in [0.25, 0.3) is 11.5 Å². The lowest BCUT2D eigenvalue weighted by Gasteiger charge is -2.31. The molecule has 2 aromatic rings. The lowest BCUT2D eigenvalue weighted by atomic mass is 9.95. The van der Waals surface area contributed by atoms with Crippen molar-refractivity contribution in [3.63, 3.8) is 0 Å². The number of nitrogens with one attached hydrogen (secondary N) is 1. The van der Waals surface area contributed by atoms with Crippen LogP contribution in [0.15, 0.2) is 28.2 Å². The molecule has 0 bridgehead atoms. The van der Waals surface area contributed by atoms with E-state index in [-0.39, 0.29) is 11.5 Å². The summed E-state index contributed by atoms with van der Waals surface area (Å²) in [5.41, 5.74) is -1.14. The zero-order chi connectivity index (χ0) is 18.7. The number of piperidine rings is 1. The molecule has 0 radical (unpaired) electrons. The zero-order valence-electron chi connectivity index (χ0n) is 15.3. The number of imidazole rings is 1. The number of unbranched alkanes of at least 4 members (excludes halogenated alkanes) is 1. The molecule has 1 saturated heterocycles. The maximum Gasteiger partial charge on any atom is 0.328 e. The van der Waals surface area contributed by atoms with Crippen LogP contribution in [0.25, 0.3) is 0 Å². The first-order chi connectivity index (χ1) is 12.5. The highest BCUT2D eigenvalue weighted by Crippen LogP contribution is 2.27. The van der Waals surface area contributed by atoms with E-state index < -0.39 is 11.2 Å². The third kappa shape index (κ3) is 3.63. The fourth-order valence-corrected chi connectivity index (χ4v) is 3.43. The van der Waals surface area contributed by atoms with Crippen LogP contribution in [-0.4, -0.2) is 43.0 Å². The molecule has 8 heteroatoms. The van der Waals surface area contributed by atoms with Crippen molar-refractivity contribution in [3.05, 3.63) is 50.8 Å². The second kappa shape index (κ2) is 7.72. The SMILES string of the molecule is CCCCn1ccnc1C1CCN(C(=O)c2cn(C)c(=O)[nH]c2=O)CC1. The summed E-state index contributed by atoms with van der Waals surface area (Å²) in [6.45, 7) is 4.29. The van der Waals surface area contributed by atoms with Crippen molar-refractivity contribution in [2.45, 2.75) is 45.1 Å². The van der Waals surface area contributed by atoms with Crippen LogP contribution >= 0.6 is 0 Å². The number of carbonyl (C=O) groups is 1. The molecule has 1 fully saturated rings. The van der Waals surface area contributed by atoms with Gasteiger partial charge in [0.2, 0.25) is 0 Å². The molecule has 1 aliphatic rings. The van der Waals surface area contributed by atoms with E-state index in [9.17, 15) is 14.4 Å². The maximum atomic E-state index is 12.7. The highest BCUT2D eigenvalue weighted by Gasteiger charge is 2.28. The fraction of sp³-hybridized carbons (Fsp3) is 0.556. The van der Waals surface area contributed by atoms with E-state index in [0.29, 0.717) is 19.0 Å². The molecular formula is C18H25N5O3. The van der Waals surface area contributed by atoms with Crippen LogP contribution in [0.1, 0.15) is 54.7 Å². The number of hydrogen-bond donors (Lipinski definition) is 1. The molecule has 0 spiro atoms. The number of carbonyl (C=O) groups excluding carboxylic acids is 1.